The van der Waals surface area contributed by atoms with Crippen molar-refractivity contribution in [2.45, 2.75) is 4.90 Å². The molecule has 0 atom stereocenters. The van der Waals surface area contributed by atoms with E-state index in [0.717, 1.165) is 18.2 Å². The first-order valence-electron chi connectivity index (χ1n) is 5.51. The van der Waals surface area contributed by atoms with Gasteiger partial charge in [0.05, 0.1) is 10.2 Å². The van der Waals surface area contributed by atoms with Gasteiger partial charge in [0.25, 0.3) is 10.0 Å². The van der Waals surface area contributed by atoms with Crippen molar-refractivity contribution in [1.29, 1.82) is 5.26 Å². The highest BCUT2D eigenvalue weighted by atomic mass is 79.9. The Labute approximate surface area is 128 Å². The van der Waals surface area contributed by atoms with Crippen molar-refractivity contribution in [3.63, 3.8) is 0 Å². The van der Waals surface area contributed by atoms with Crippen LogP contribution in [0, 0.1) is 23.0 Å². The summed E-state index contributed by atoms with van der Waals surface area (Å²) in [6.45, 7) is 0. The lowest BCUT2D eigenvalue weighted by molar-refractivity contribution is 0.593. The molecule has 0 aliphatic carbocycles. The summed E-state index contributed by atoms with van der Waals surface area (Å²) in [5.74, 6) is -1.60. The molecule has 0 radical (unpaired) electrons. The molecule has 2 aromatic carbocycles. The van der Waals surface area contributed by atoms with Crippen molar-refractivity contribution in [2.75, 3.05) is 4.72 Å². The van der Waals surface area contributed by atoms with Crippen molar-refractivity contribution in [3.05, 3.63) is 58.1 Å². The molecule has 21 heavy (non-hydrogen) atoms. The third kappa shape index (κ3) is 3.20. The number of benzene rings is 2. The third-order valence-corrected chi connectivity index (χ3v) is 4.62. The molecule has 0 bridgehead atoms. The average molecular weight is 373 g/mol. The van der Waals surface area contributed by atoms with Gasteiger partial charge in [-0.3, -0.25) is 4.72 Å². The molecule has 2 rings (SSSR count). The van der Waals surface area contributed by atoms with E-state index in [1.807, 2.05) is 0 Å². The topological polar surface area (TPSA) is 70.0 Å². The predicted octanol–water partition coefficient (Wildman–Crippen LogP) is 3.40. The Hall–Kier alpha value is -1.98. The molecule has 1 N–H and O–H groups in total. The Bertz CT molecular complexity index is 848. The van der Waals surface area contributed by atoms with Crippen LogP contribution in [0.15, 0.2) is 45.8 Å². The van der Waals surface area contributed by atoms with Gasteiger partial charge in [0.15, 0.2) is 0 Å². The lowest BCUT2D eigenvalue weighted by Gasteiger charge is -2.10. The lowest BCUT2D eigenvalue weighted by Crippen LogP contribution is -2.15. The van der Waals surface area contributed by atoms with Crippen molar-refractivity contribution in [3.8, 4) is 6.07 Å². The van der Waals surface area contributed by atoms with Crippen LogP contribution in [0.5, 0.6) is 0 Å². The summed E-state index contributed by atoms with van der Waals surface area (Å²) in [6.07, 6.45) is 0. The summed E-state index contributed by atoms with van der Waals surface area (Å²) in [4.78, 5) is -0.506. The molecule has 4 nitrogen and oxygen atoms in total. The first-order valence-corrected chi connectivity index (χ1v) is 7.79. The first kappa shape index (κ1) is 15.4. The number of halogens is 3. The standard InChI is InChI=1S/C13H7BrF2N2O2S/c14-10-5-4-8(6-12(10)16)18-21(19,20)13-3-1-2-11(15)9(13)7-17/h1-6,18H. The van der Waals surface area contributed by atoms with E-state index in [1.54, 1.807) is 0 Å². The Balaban J connectivity index is 2.46. The maximum atomic E-state index is 13.5. The SMILES string of the molecule is N#Cc1c(F)cccc1S(=O)(=O)Nc1ccc(Br)c(F)c1. The molecule has 0 amide bonds. The molecule has 0 aromatic heterocycles. The van der Waals surface area contributed by atoms with Crippen LogP contribution in [-0.2, 0) is 10.0 Å². The van der Waals surface area contributed by atoms with Crippen molar-refractivity contribution in [1.82, 2.24) is 0 Å². The van der Waals surface area contributed by atoms with Crippen LogP contribution in [0.2, 0.25) is 0 Å². The minimum absolute atomic E-state index is 0.0381. The lowest BCUT2D eigenvalue weighted by atomic mass is 10.2. The second-order valence-corrected chi connectivity index (χ2v) is 6.46. The fourth-order valence-corrected chi connectivity index (χ4v) is 3.07. The number of anilines is 1. The molecule has 0 aliphatic heterocycles. The molecule has 0 aliphatic rings. The fourth-order valence-electron chi connectivity index (χ4n) is 1.61. The van der Waals surface area contributed by atoms with E-state index in [1.165, 1.54) is 24.3 Å². The second kappa shape index (κ2) is 5.79. The van der Waals surface area contributed by atoms with Gasteiger partial charge in [0.1, 0.15) is 28.2 Å². The highest BCUT2D eigenvalue weighted by Crippen LogP contribution is 2.24. The molecular formula is C13H7BrF2N2O2S. The summed E-state index contributed by atoms with van der Waals surface area (Å²) < 4.78 is 53.4. The van der Waals surface area contributed by atoms with E-state index in [9.17, 15) is 17.2 Å². The number of hydrogen-bond donors (Lipinski definition) is 1. The minimum atomic E-state index is -4.20. The zero-order valence-corrected chi connectivity index (χ0v) is 12.7. The Morgan fingerprint density at radius 2 is 1.86 bits per heavy atom. The molecule has 2 aromatic rings. The van der Waals surface area contributed by atoms with Gasteiger partial charge in [-0.15, -0.1) is 0 Å². The van der Waals surface area contributed by atoms with Crippen molar-refractivity contribution >= 4 is 31.6 Å². The third-order valence-electron chi connectivity index (χ3n) is 2.55. The van der Waals surface area contributed by atoms with Gasteiger partial charge in [-0.2, -0.15) is 5.26 Å². The van der Waals surface area contributed by atoms with Crippen LogP contribution >= 0.6 is 15.9 Å². The van der Waals surface area contributed by atoms with Crippen LogP contribution in [0.1, 0.15) is 5.56 Å². The summed E-state index contributed by atoms with van der Waals surface area (Å²) in [5.41, 5.74) is -0.633. The monoisotopic (exact) mass is 372 g/mol. The molecule has 0 saturated carbocycles. The zero-order chi connectivity index (χ0) is 15.6. The van der Waals surface area contributed by atoms with E-state index < -0.39 is 32.1 Å². The van der Waals surface area contributed by atoms with Crippen molar-refractivity contribution < 1.29 is 17.2 Å². The maximum Gasteiger partial charge on any atom is 0.263 e. The number of hydrogen-bond acceptors (Lipinski definition) is 3. The van der Waals surface area contributed by atoms with E-state index in [0.29, 0.717) is 0 Å². The summed E-state index contributed by atoms with van der Waals surface area (Å²) >= 11 is 2.94. The average Bonchev–Trinajstić information content (AvgIpc) is 2.42. The predicted molar refractivity (Wildman–Crippen MR) is 76.0 cm³/mol. The van der Waals surface area contributed by atoms with Gasteiger partial charge < -0.3 is 0 Å². The van der Waals surface area contributed by atoms with Gasteiger partial charge in [0.2, 0.25) is 0 Å². The summed E-state index contributed by atoms with van der Waals surface area (Å²) in [5, 5.41) is 8.86. The molecule has 108 valence electrons. The number of nitriles is 1. The number of nitrogens with zero attached hydrogens (tertiary/aromatic N) is 1. The Kier molecular flexibility index (Phi) is 4.25. The van der Waals surface area contributed by atoms with Crippen LogP contribution in [0.4, 0.5) is 14.5 Å². The summed E-state index contributed by atoms with van der Waals surface area (Å²) in [7, 11) is -4.20. The highest BCUT2D eigenvalue weighted by molar-refractivity contribution is 9.10. The van der Waals surface area contributed by atoms with E-state index in [4.69, 9.17) is 5.26 Å². The van der Waals surface area contributed by atoms with Gasteiger partial charge in [-0.05, 0) is 46.3 Å². The Morgan fingerprint density at radius 3 is 2.48 bits per heavy atom. The van der Waals surface area contributed by atoms with Crippen LogP contribution in [0.25, 0.3) is 0 Å². The quantitative estimate of drug-likeness (QED) is 0.897. The Morgan fingerprint density at radius 1 is 1.14 bits per heavy atom. The minimum Gasteiger partial charge on any atom is -0.279 e. The highest BCUT2D eigenvalue weighted by Gasteiger charge is 2.21. The van der Waals surface area contributed by atoms with Gasteiger partial charge in [-0.1, -0.05) is 6.07 Å². The normalized spacial score (nSPS) is 11.0. The molecular weight excluding hydrogens is 366 g/mol. The van der Waals surface area contributed by atoms with E-state index in [2.05, 4.69) is 20.7 Å². The zero-order valence-electron chi connectivity index (χ0n) is 10.3. The largest absolute Gasteiger partial charge is 0.279 e. The smallest absolute Gasteiger partial charge is 0.263 e. The molecule has 0 spiro atoms. The second-order valence-electron chi connectivity index (χ2n) is 3.96. The number of rotatable bonds is 3. The maximum absolute atomic E-state index is 13.5. The van der Waals surface area contributed by atoms with Crippen LogP contribution in [-0.4, -0.2) is 8.42 Å². The first-order chi connectivity index (χ1) is 9.85. The molecule has 0 unspecified atom stereocenters. The van der Waals surface area contributed by atoms with E-state index in [-0.39, 0.29) is 10.2 Å². The van der Waals surface area contributed by atoms with Gasteiger partial charge in [-0.25, -0.2) is 17.2 Å². The van der Waals surface area contributed by atoms with Crippen LogP contribution < -0.4 is 4.72 Å². The molecule has 0 fully saturated rings. The van der Waals surface area contributed by atoms with Crippen molar-refractivity contribution in [2.24, 2.45) is 0 Å². The summed E-state index contributed by atoms with van der Waals surface area (Å²) in [6, 6.07) is 8.37. The molecule has 8 heteroatoms. The van der Waals surface area contributed by atoms with E-state index >= 15 is 0 Å². The van der Waals surface area contributed by atoms with Gasteiger partial charge >= 0.3 is 0 Å². The van der Waals surface area contributed by atoms with Gasteiger partial charge in [0, 0.05) is 0 Å². The number of nitrogens with one attached hydrogen (secondary N) is 1. The fraction of sp³-hybridized carbons (Fsp3) is 0. The number of sulfonamides is 1. The molecule has 0 heterocycles. The van der Waals surface area contributed by atoms with Crippen LogP contribution in [0.3, 0.4) is 0 Å². The molecule has 0 saturated heterocycles.